The molecule has 2 aromatic rings. The van der Waals surface area contributed by atoms with Crippen molar-refractivity contribution < 1.29 is 9.53 Å². The van der Waals surface area contributed by atoms with Gasteiger partial charge in [-0.15, -0.1) is 0 Å². The molecular weight excluding hydrogens is 268 g/mol. The Bertz CT molecular complexity index is 854. The molecule has 0 spiro atoms. The average molecular weight is 282 g/mol. The fourth-order valence-electron chi connectivity index (χ4n) is 2.10. The summed E-state index contributed by atoms with van der Waals surface area (Å²) in [5.74, 6) is -0.766. The van der Waals surface area contributed by atoms with E-state index in [0.29, 0.717) is 0 Å². The first-order valence-electron chi connectivity index (χ1n) is 6.31. The number of pyridine rings is 1. The number of aromatic amines is 1. The van der Waals surface area contributed by atoms with Crippen LogP contribution in [0.3, 0.4) is 0 Å². The summed E-state index contributed by atoms with van der Waals surface area (Å²) >= 11 is 0. The minimum atomic E-state index is -0.766. The number of nitriles is 1. The number of methoxy groups -OCH3 is 1. The first kappa shape index (κ1) is 14.5. The third-order valence-corrected chi connectivity index (χ3v) is 3.30. The summed E-state index contributed by atoms with van der Waals surface area (Å²) in [6, 6.07) is 7.30. The van der Waals surface area contributed by atoms with Gasteiger partial charge < -0.3 is 9.72 Å². The summed E-state index contributed by atoms with van der Waals surface area (Å²) in [5.41, 5.74) is 2.39. The molecular formula is C16H14N2O3. The van der Waals surface area contributed by atoms with Gasteiger partial charge in [0.15, 0.2) is 0 Å². The molecule has 0 aliphatic rings. The number of aromatic nitrogens is 1. The van der Waals surface area contributed by atoms with E-state index in [9.17, 15) is 9.59 Å². The van der Waals surface area contributed by atoms with Gasteiger partial charge in [-0.05, 0) is 37.1 Å². The number of hydrogen-bond acceptors (Lipinski definition) is 4. The van der Waals surface area contributed by atoms with Gasteiger partial charge in [0.25, 0.3) is 5.56 Å². The maximum Gasteiger partial charge on any atom is 0.348 e. The fourth-order valence-corrected chi connectivity index (χ4v) is 2.10. The Morgan fingerprint density at radius 3 is 2.62 bits per heavy atom. The van der Waals surface area contributed by atoms with Crippen LogP contribution in [0.1, 0.15) is 16.7 Å². The molecule has 0 unspecified atom stereocenters. The maximum atomic E-state index is 12.1. The second kappa shape index (κ2) is 5.63. The van der Waals surface area contributed by atoms with Gasteiger partial charge in [-0.2, -0.15) is 5.26 Å². The van der Waals surface area contributed by atoms with Crippen LogP contribution in [0.15, 0.2) is 28.6 Å². The molecule has 1 aromatic carbocycles. The molecule has 0 aliphatic carbocycles. The van der Waals surface area contributed by atoms with Gasteiger partial charge in [-0.3, -0.25) is 4.79 Å². The third-order valence-electron chi connectivity index (χ3n) is 3.30. The molecule has 1 heterocycles. The van der Waals surface area contributed by atoms with Crippen LogP contribution in [-0.2, 0) is 9.53 Å². The standard InChI is InChI=1S/C16H14N2O3/c1-9-4-5-10(2)14-13(9)7-11(15(19)18-14)6-12(8-17)16(20)21-3/h4-7H,1-3H3,(H,18,19)/b12-6+. The Hall–Kier alpha value is -2.87. The van der Waals surface area contributed by atoms with Crippen LogP contribution in [0.25, 0.3) is 17.0 Å². The van der Waals surface area contributed by atoms with Gasteiger partial charge in [0.05, 0.1) is 12.6 Å². The molecule has 106 valence electrons. The number of carbonyl (C=O) groups excluding carboxylic acids is 1. The minimum absolute atomic E-state index is 0.215. The van der Waals surface area contributed by atoms with E-state index >= 15 is 0 Å². The molecule has 0 amide bonds. The van der Waals surface area contributed by atoms with E-state index in [1.807, 2.05) is 26.0 Å². The first-order chi connectivity index (χ1) is 9.97. The molecule has 0 atom stereocenters. The number of esters is 1. The highest BCUT2D eigenvalue weighted by atomic mass is 16.5. The van der Waals surface area contributed by atoms with E-state index in [4.69, 9.17) is 5.26 Å². The van der Waals surface area contributed by atoms with Crippen LogP contribution in [-0.4, -0.2) is 18.1 Å². The largest absolute Gasteiger partial charge is 0.465 e. The number of hydrogen-bond donors (Lipinski definition) is 1. The Labute approximate surface area is 121 Å². The van der Waals surface area contributed by atoms with Gasteiger partial charge in [0, 0.05) is 10.9 Å². The summed E-state index contributed by atoms with van der Waals surface area (Å²) in [6.45, 7) is 3.83. The predicted octanol–water partition coefficient (Wildman–Crippen LogP) is 2.22. The lowest BCUT2D eigenvalue weighted by Gasteiger charge is -2.06. The Morgan fingerprint density at radius 1 is 1.33 bits per heavy atom. The smallest absolute Gasteiger partial charge is 0.348 e. The van der Waals surface area contributed by atoms with Gasteiger partial charge >= 0.3 is 5.97 Å². The molecule has 21 heavy (non-hydrogen) atoms. The molecule has 2 rings (SSSR count). The molecule has 0 aliphatic heterocycles. The van der Waals surface area contributed by atoms with E-state index < -0.39 is 5.97 Å². The van der Waals surface area contributed by atoms with Gasteiger partial charge in [0.1, 0.15) is 11.6 Å². The number of ether oxygens (including phenoxy) is 1. The second-order valence-corrected chi connectivity index (χ2v) is 4.70. The summed E-state index contributed by atoms with van der Waals surface area (Å²) in [4.78, 5) is 26.3. The van der Waals surface area contributed by atoms with Gasteiger partial charge in [-0.25, -0.2) is 4.79 Å². The quantitative estimate of drug-likeness (QED) is 0.520. The van der Waals surface area contributed by atoms with E-state index in [1.54, 1.807) is 12.1 Å². The SMILES string of the molecule is COC(=O)/C(C#N)=C/c1cc2c(C)ccc(C)c2[nH]c1=O. The van der Waals surface area contributed by atoms with Crippen molar-refractivity contribution in [1.29, 1.82) is 5.26 Å². The zero-order valence-corrected chi connectivity index (χ0v) is 12.0. The van der Waals surface area contributed by atoms with Crippen molar-refractivity contribution in [2.24, 2.45) is 0 Å². The zero-order chi connectivity index (χ0) is 15.6. The summed E-state index contributed by atoms with van der Waals surface area (Å²) in [5, 5.41) is 9.84. The zero-order valence-electron chi connectivity index (χ0n) is 12.0. The molecule has 1 aromatic heterocycles. The summed E-state index contributed by atoms with van der Waals surface area (Å²) in [6.07, 6.45) is 1.24. The normalized spacial score (nSPS) is 11.2. The van der Waals surface area contributed by atoms with Crippen LogP contribution in [0.2, 0.25) is 0 Å². The molecule has 0 radical (unpaired) electrons. The highest BCUT2D eigenvalue weighted by Crippen LogP contribution is 2.20. The molecule has 5 heteroatoms. The number of H-pyrrole nitrogens is 1. The maximum absolute atomic E-state index is 12.1. The van der Waals surface area contributed by atoms with Crippen molar-refractivity contribution in [3.63, 3.8) is 0 Å². The topological polar surface area (TPSA) is 82.9 Å². The third kappa shape index (κ3) is 2.70. The predicted molar refractivity (Wildman–Crippen MR) is 79.6 cm³/mol. The van der Waals surface area contributed by atoms with Crippen molar-refractivity contribution in [2.45, 2.75) is 13.8 Å². The number of aryl methyl sites for hydroxylation is 2. The van der Waals surface area contributed by atoms with E-state index in [2.05, 4.69) is 9.72 Å². The lowest BCUT2D eigenvalue weighted by atomic mass is 10.0. The highest BCUT2D eigenvalue weighted by Gasteiger charge is 2.11. The molecule has 0 saturated carbocycles. The number of carbonyl (C=O) groups is 1. The monoisotopic (exact) mass is 282 g/mol. The Morgan fingerprint density at radius 2 is 2.00 bits per heavy atom. The molecule has 0 bridgehead atoms. The van der Waals surface area contributed by atoms with Crippen LogP contribution in [0.4, 0.5) is 0 Å². The Balaban J connectivity index is 2.72. The summed E-state index contributed by atoms with van der Waals surface area (Å²) < 4.78 is 4.50. The van der Waals surface area contributed by atoms with Crippen LogP contribution >= 0.6 is 0 Å². The highest BCUT2D eigenvalue weighted by molar-refractivity contribution is 5.98. The van der Waals surface area contributed by atoms with Gasteiger partial charge in [0.2, 0.25) is 0 Å². The summed E-state index contributed by atoms with van der Waals surface area (Å²) in [7, 11) is 1.19. The fraction of sp³-hybridized carbons (Fsp3) is 0.188. The van der Waals surface area contributed by atoms with Crippen LogP contribution in [0.5, 0.6) is 0 Å². The molecule has 0 fully saturated rings. The number of rotatable bonds is 2. The van der Waals surface area contributed by atoms with Crippen LogP contribution < -0.4 is 5.56 Å². The number of fused-ring (bicyclic) bond motifs is 1. The first-order valence-corrected chi connectivity index (χ1v) is 6.31. The molecule has 1 N–H and O–H groups in total. The van der Waals surface area contributed by atoms with Crippen molar-refractivity contribution in [3.05, 3.63) is 50.8 Å². The lowest BCUT2D eigenvalue weighted by Crippen LogP contribution is -2.11. The number of benzene rings is 1. The minimum Gasteiger partial charge on any atom is -0.465 e. The molecule has 0 saturated heterocycles. The van der Waals surface area contributed by atoms with E-state index in [0.717, 1.165) is 22.0 Å². The van der Waals surface area contributed by atoms with Crippen molar-refractivity contribution in [3.8, 4) is 6.07 Å². The van der Waals surface area contributed by atoms with E-state index in [1.165, 1.54) is 13.2 Å². The van der Waals surface area contributed by atoms with Crippen molar-refractivity contribution in [2.75, 3.05) is 7.11 Å². The van der Waals surface area contributed by atoms with Gasteiger partial charge in [-0.1, -0.05) is 12.1 Å². The Kier molecular flexibility index (Phi) is 3.90. The molecule has 5 nitrogen and oxygen atoms in total. The number of nitrogens with zero attached hydrogens (tertiary/aromatic N) is 1. The van der Waals surface area contributed by atoms with Crippen molar-refractivity contribution >= 4 is 22.9 Å². The van der Waals surface area contributed by atoms with E-state index in [-0.39, 0.29) is 16.7 Å². The van der Waals surface area contributed by atoms with Crippen LogP contribution in [0, 0.1) is 25.2 Å². The average Bonchev–Trinajstić information content (AvgIpc) is 2.48. The number of nitrogens with one attached hydrogen (secondary N) is 1. The lowest BCUT2D eigenvalue weighted by molar-refractivity contribution is -0.135. The van der Waals surface area contributed by atoms with Crippen molar-refractivity contribution in [1.82, 2.24) is 4.98 Å². The second-order valence-electron chi connectivity index (χ2n) is 4.70.